The minimum atomic E-state index is 0.0300. The summed E-state index contributed by atoms with van der Waals surface area (Å²) in [5, 5.41) is 2.83. The molecule has 94 valence electrons. The molecule has 0 bridgehead atoms. The predicted molar refractivity (Wildman–Crippen MR) is 69.4 cm³/mol. The zero-order valence-electron chi connectivity index (χ0n) is 10.3. The van der Waals surface area contributed by atoms with Crippen molar-refractivity contribution in [2.45, 2.75) is 25.8 Å². The van der Waals surface area contributed by atoms with Crippen LogP contribution in [0.25, 0.3) is 0 Å². The van der Waals surface area contributed by atoms with Crippen molar-refractivity contribution < 1.29 is 4.79 Å². The Hall–Kier alpha value is -1.39. The molecule has 1 aromatic carbocycles. The first-order valence-electron chi connectivity index (χ1n) is 5.94. The van der Waals surface area contributed by atoms with Gasteiger partial charge in [-0.2, -0.15) is 0 Å². The molecule has 4 nitrogen and oxygen atoms in total. The number of hydrogen-bond donors (Lipinski definition) is 3. The highest BCUT2D eigenvalue weighted by Gasteiger charge is 2.03. The summed E-state index contributed by atoms with van der Waals surface area (Å²) < 4.78 is 0. The summed E-state index contributed by atoms with van der Waals surface area (Å²) in [5.74, 6) is 0.0343. The smallest absolute Gasteiger partial charge is 0.224 e. The minimum absolute atomic E-state index is 0.0300. The first kappa shape index (κ1) is 13.7. The van der Waals surface area contributed by atoms with Crippen molar-refractivity contribution in [3.63, 3.8) is 0 Å². The van der Waals surface area contributed by atoms with Crippen molar-refractivity contribution in [2.24, 2.45) is 11.5 Å². The summed E-state index contributed by atoms with van der Waals surface area (Å²) in [6.07, 6.45) is 1.22. The molecule has 5 N–H and O–H groups in total. The lowest BCUT2D eigenvalue weighted by Gasteiger charge is -2.07. The number of benzene rings is 1. The van der Waals surface area contributed by atoms with E-state index in [2.05, 4.69) is 5.32 Å². The summed E-state index contributed by atoms with van der Waals surface area (Å²) in [6, 6.07) is 7.85. The van der Waals surface area contributed by atoms with Crippen molar-refractivity contribution in [3.8, 4) is 0 Å². The Morgan fingerprint density at radius 3 is 2.53 bits per heavy atom. The van der Waals surface area contributed by atoms with Crippen LogP contribution in [0.2, 0.25) is 0 Å². The lowest BCUT2D eigenvalue weighted by atomic mass is 10.1. The fourth-order valence-corrected chi connectivity index (χ4v) is 1.52. The highest BCUT2D eigenvalue weighted by atomic mass is 16.1. The Kier molecular flexibility index (Phi) is 5.66. The van der Waals surface area contributed by atoms with E-state index in [1.807, 2.05) is 31.2 Å². The van der Waals surface area contributed by atoms with Gasteiger partial charge in [-0.3, -0.25) is 4.79 Å². The summed E-state index contributed by atoms with van der Waals surface area (Å²) in [5.41, 5.74) is 13.2. The highest BCUT2D eigenvalue weighted by molar-refractivity contribution is 5.78. The van der Waals surface area contributed by atoms with Gasteiger partial charge in [0.05, 0.1) is 6.42 Å². The van der Waals surface area contributed by atoms with Gasteiger partial charge >= 0.3 is 0 Å². The quantitative estimate of drug-likeness (QED) is 0.635. The van der Waals surface area contributed by atoms with Gasteiger partial charge in [0.25, 0.3) is 0 Å². The van der Waals surface area contributed by atoms with Gasteiger partial charge in [-0.25, -0.2) is 0 Å². The number of rotatable bonds is 6. The summed E-state index contributed by atoms with van der Waals surface area (Å²) in [7, 11) is 0. The lowest BCUT2D eigenvalue weighted by Crippen LogP contribution is -2.27. The van der Waals surface area contributed by atoms with Crippen molar-refractivity contribution in [1.82, 2.24) is 5.32 Å². The number of nitrogens with one attached hydrogen (secondary N) is 1. The number of nitrogens with two attached hydrogens (primary N) is 2. The van der Waals surface area contributed by atoms with Gasteiger partial charge in [0, 0.05) is 12.6 Å². The van der Waals surface area contributed by atoms with E-state index in [1.165, 1.54) is 0 Å². The second-order valence-corrected chi connectivity index (χ2v) is 4.20. The largest absolute Gasteiger partial charge is 0.356 e. The van der Waals surface area contributed by atoms with Gasteiger partial charge in [-0.15, -0.1) is 0 Å². The molecular formula is C13H21N3O. The molecule has 0 aliphatic heterocycles. The van der Waals surface area contributed by atoms with Crippen LogP contribution >= 0.6 is 0 Å². The van der Waals surface area contributed by atoms with Crippen LogP contribution in [0.15, 0.2) is 24.3 Å². The van der Waals surface area contributed by atoms with Gasteiger partial charge in [-0.1, -0.05) is 24.3 Å². The Morgan fingerprint density at radius 1 is 1.35 bits per heavy atom. The van der Waals surface area contributed by atoms with Crippen molar-refractivity contribution in [2.75, 3.05) is 13.1 Å². The Morgan fingerprint density at radius 2 is 2.00 bits per heavy atom. The number of carbonyl (C=O) groups is 1. The van der Waals surface area contributed by atoms with Crippen LogP contribution in [0.1, 0.15) is 30.5 Å². The third-order valence-electron chi connectivity index (χ3n) is 2.57. The zero-order valence-corrected chi connectivity index (χ0v) is 10.3. The van der Waals surface area contributed by atoms with Crippen LogP contribution in [0.5, 0.6) is 0 Å². The average Bonchev–Trinajstić information content (AvgIpc) is 2.30. The Balaban J connectivity index is 2.43. The molecule has 4 heteroatoms. The molecule has 0 aliphatic rings. The zero-order chi connectivity index (χ0) is 12.7. The Labute approximate surface area is 102 Å². The van der Waals surface area contributed by atoms with E-state index in [1.54, 1.807) is 0 Å². The monoisotopic (exact) mass is 235 g/mol. The molecule has 0 radical (unpaired) electrons. The lowest BCUT2D eigenvalue weighted by molar-refractivity contribution is -0.120. The van der Waals surface area contributed by atoms with Crippen LogP contribution < -0.4 is 16.8 Å². The van der Waals surface area contributed by atoms with E-state index < -0.39 is 0 Å². The van der Waals surface area contributed by atoms with E-state index in [0.29, 0.717) is 19.5 Å². The number of hydrogen-bond acceptors (Lipinski definition) is 3. The topological polar surface area (TPSA) is 81.1 Å². The van der Waals surface area contributed by atoms with Crippen LogP contribution in [-0.4, -0.2) is 19.0 Å². The summed E-state index contributed by atoms with van der Waals surface area (Å²) in [6.45, 7) is 3.19. The van der Waals surface area contributed by atoms with Gasteiger partial charge in [-0.05, 0) is 31.0 Å². The molecule has 1 unspecified atom stereocenters. The summed E-state index contributed by atoms with van der Waals surface area (Å²) >= 11 is 0. The van der Waals surface area contributed by atoms with Crippen molar-refractivity contribution in [3.05, 3.63) is 35.4 Å². The SMILES string of the molecule is CC(N)c1ccc(CC(=O)NCCCN)cc1. The fourth-order valence-electron chi connectivity index (χ4n) is 1.52. The molecule has 1 amide bonds. The average molecular weight is 235 g/mol. The first-order chi connectivity index (χ1) is 8.13. The molecular weight excluding hydrogens is 214 g/mol. The molecule has 0 heterocycles. The third-order valence-corrected chi connectivity index (χ3v) is 2.57. The molecule has 0 aliphatic carbocycles. The second-order valence-electron chi connectivity index (χ2n) is 4.20. The number of amides is 1. The van der Waals surface area contributed by atoms with E-state index in [4.69, 9.17) is 11.5 Å². The Bertz CT molecular complexity index is 346. The summed E-state index contributed by atoms with van der Waals surface area (Å²) in [4.78, 5) is 11.5. The molecule has 0 fully saturated rings. The highest BCUT2D eigenvalue weighted by Crippen LogP contribution is 2.11. The first-order valence-corrected chi connectivity index (χ1v) is 5.94. The molecule has 1 rings (SSSR count). The van der Waals surface area contributed by atoms with Crippen molar-refractivity contribution >= 4 is 5.91 Å². The van der Waals surface area contributed by atoms with Crippen LogP contribution in [0.3, 0.4) is 0 Å². The van der Waals surface area contributed by atoms with E-state index in [9.17, 15) is 4.79 Å². The fraction of sp³-hybridized carbons (Fsp3) is 0.462. The maximum Gasteiger partial charge on any atom is 0.224 e. The maximum absolute atomic E-state index is 11.5. The van der Waals surface area contributed by atoms with E-state index in [-0.39, 0.29) is 11.9 Å². The second kappa shape index (κ2) is 7.04. The number of carbonyl (C=O) groups excluding carboxylic acids is 1. The van der Waals surface area contributed by atoms with E-state index >= 15 is 0 Å². The van der Waals surface area contributed by atoms with Gasteiger partial charge < -0.3 is 16.8 Å². The standard InChI is InChI=1S/C13H21N3O/c1-10(15)12-5-3-11(4-6-12)9-13(17)16-8-2-7-14/h3-6,10H,2,7-9,14-15H2,1H3,(H,16,17). The molecule has 1 atom stereocenters. The molecule has 1 aromatic rings. The maximum atomic E-state index is 11.5. The molecule has 0 spiro atoms. The minimum Gasteiger partial charge on any atom is -0.356 e. The molecule has 0 saturated carbocycles. The van der Waals surface area contributed by atoms with Crippen LogP contribution in [0, 0.1) is 0 Å². The molecule has 17 heavy (non-hydrogen) atoms. The predicted octanol–water partition coefficient (Wildman–Crippen LogP) is 0.714. The van der Waals surface area contributed by atoms with Crippen LogP contribution in [-0.2, 0) is 11.2 Å². The van der Waals surface area contributed by atoms with Gasteiger partial charge in [0.2, 0.25) is 5.91 Å². The van der Waals surface area contributed by atoms with E-state index in [0.717, 1.165) is 17.5 Å². The van der Waals surface area contributed by atoms with Crippen LogP contribution in [0.4, 0.5) is 0 Å². The normalized spacial score (nSPS) is 12.2. The molecule has 0 saturated heterocycles. The third kappa shape index (κ3) is 4.97. The van der Waals surface area contributed by atoms with Crippen molar-refractivity contribution in [1.29, 1.82) is 0 Å². The van der Waals surface area contributed by atoms with Gasteiger partial charge in [0.15, 0.2) is 0 Å². The van der Waals surface area contributed by atoms with Gasteiger partial charge in [0.1, 0.15) is 0 Å². The molecule has 0 aromatic heterocycles.